The lowest BCUT2D eigenvalue weighted by atomic mass is 10.1. The number of halogens is 3. The normalized spacial score (nSPS) is 11.1. The molecular formula is C16H12Cl2FNO2. The molecule has 3 nitrogen and oxygen atoms in total. The van der Waals surface area contributed by atoms with E-state index >= 15 is 0 Å². The predicted octanol–water partition coefficient (Wildman–Crippen LogP) is 5.17. The van der Waals surface area contributed by atoms with Crippen LogP contribution >= 0.6 is 23.2 Å². The number of ether oxygens (including phenoxy) is 1. The summed E-state index contributed by atoms with van der Waals surface area (Å²) in [7, 11) is 0. The highest BCUT2D eigenvalue weighted by Gasteiger charge is 2.14. The molecule has 22 heavy (non-hydrogen) atoms. The Bertz CT molecular complexity index is 832. The molecule has 0 fully saturated rings. The summed E-state index contributed by atoms with van der Waals surface area (Å²) in [5.41, 5.74) is 6.85. The third kappa shape index (κ3) is 2.77. The molecule has 0 aliphatic heterocycles. The lowest BCUT2D eigenvalue weighted by molar-refractivity contribution is 0.474. The van der Waals surface area contributed by atoms with Gasteiger partial charge in [0.2, 0.25) is 0 Å². The van der Waals surface area contributed by atoms with Crippen molar-refractivity contribution < 1.29 is 13.5 Å². The highest BCUT2D eigenvalue weighted by Crippen LogP contribution is 2.38. The molecule has 1 aromatic heterocycles. The fourth-order valence-electron chi connectivity index (χ4n) is 2.20. The van der Waals surface area contributed by atoms with Crippen LogP contribution in [0.3, 0.4) is 0 Å². The number of furan rings is 1. The lowest BCUT2D eigenvalue weighted by Crippen LogP contribution is -2.05. The first-order valence-corrected chi connectivity index (χ1v) is 7.37. The van der Waals surface area contributed by atoms with Crippen molar-refractivity contribution in [3.63, 3.8) is 0 Å². The van der Waals surface area contributed by atoms with Crippen LogP contribution in [-0.2, 0) is 6.42 Å². The van der Waals surface area contributed by atoms with Gasteiger partial charge in [-0.05, 0) is 42.8 Å². The first-order valence-electron chi connectivity index (χ1n) is 6.61. The van der Waals surface area contributed by atoms with Crippen molar-refractivity contribution in [1.82, 2.24) is 0 Å². The third-order valence-electron chi connectivity index (χ3n) is 3.27. The Morgan fingerprint density at radius 2 is 1.95 bits per heavy atom. The standard InChI is InChI=1S/C16H12Cl2FNO2/c17-11-8-15(9(3-5-20)7-12(11)19)22-14-2-1-13-10(16(14)18)4-6-21-13/h1-2,4,6-8H,3,5,20H2. The second kappa shape index (κ2) is 6.16. The average molecular weight is 340 g/mol. The topological polar surface area (TPSA) is 48.4 Å². The quantitative estimate of drug-likeness (QED) is 0.713. The SMILES string of the molecule is NCCc1cc(F)c(Cl)cc1Oc1ccc2occc2c1Cl. The van der Waals surface area contributed by atoms with Crippen LogP contribution in [0.4, 0.5) is 4.39 Å². The summed E-state index contributed by atoms with van der Waals surface area (Å²) < 4.78 is 24.7. The van der Waals surface area contributed by atoms with Crippen molar-refractivity contribution in [2.45, 2.75) is 6.42 Å². The average Bonchev–Trinajstić information content (AvgIpc) is 2.96. The van der Waals surface area contributed by atoms with Gasteiger partial charge in [0, 0.05) is 11.5 Å². The number of rotatable bonds is 4. The van der Waals surface area contributed by atoms with E-state index < -0.39 is 5.82 Å². The van der Waals surface area contributed by atoms with Gasteiger partial charge in [-0.15, -0.1) is 0 Å². The van der Waals surface area contributed by atoms with Gasteiger partial charge in [-0.1, -0.05) is 23.2 Å². The number of fused-ring (bicyclic) bond motifs is 1. The molecule has 0 saturated carbocycles. The van der Waals surface area contributed by atoms with Gasteiger partial charge in [-0.3, -0.25) is 0 Å². The van der Waals surface area contributed by atoms with Crippen LogP contribution in [-0.4, -0.2) is 6.54 Å². The van der Waals surface area contributed by atoms with Crippen LogP contribution in [0.5, 0.6) is 11.5 Å². The number of nitrogens with two attached hydrogens (primary N) is 1. The molecule has 0 aliphatic rings. The van der Waals surface area contributed by atoms with E-state index in [0.29, 0.717) is 40.6 Å². The van der Waals surface area contributed by atoms with E-state index in [-0.39, 0.29) is 5.02 Å². The fraction of sp³-hybridized carbons (Fsp3) is 0.125. The van der Waals surface area contributed by atoms with Crippen LogP contribution in [0, 0.1) is 5.82 Å². The Labute approximate surface area is 136 Å². The van der Waals surface area contributed by atoms with E-state index in [1.165, 1.54) is 12.1 Å². The zero-order valence-electron chi connectivity index (χ0n) is 11.4. The molecule has 1 heterocycles. The maximum absolute atomic E-state index is 13.6. The van der Waals surface area contributed by atoms with Crippen LogP contribution in [0.15, 0.2) is 41.0 Å². The number of benzene rings is 2. The monoisotopic (exact) mass is 339 g/mol. The highest BCUT2D eigenvalue weighted by molar-refractivity contribution is 6.36. The molecule has 2 aromatic carbocycles. The lowest BCUT2D eigenvalue weighted by Gasteiger charge is -2.13. The van der Waals surface area contributed by atoms with Gasteiger partial charge >= 0.3 is 0 Å². The minimum Gasteiger partial charge on any atom is -0.464 e. The molecule has 0 aliphatic carbocycles. The Balaban J connectivity index is 2.03. The van der Waals surface area contributed by atoms with Crippen LogP contribution in [0.1, 0.15) is 5.56 Å². The zero-order chi connectivity index (χ0) is 15.7. The fourth-order valence-corrected chi connectivity index (χ4v) is 2.61. The van der Waals surface area contributed by atoms with E-state index in [1.54, 1.807) is 24.5 Å². The number of hydrogen-bond donors (Lipinski definition) is 1. The van der Waals surface area contributed by atoms with Crippen molar-refractivity contribution in [1.29, 1.82) is 0 Å². The second-order valence-corrected chi connectivity index (χ2v) is 5.51. The summed E-state index contributed by atoms with van der Waals surface area (Å²) in [6.45, 7) is 0.367. The molecule has 2 N–H and O–H groups in total. The Morgan fingerprint density at radius 1 is 1.14 bits per heavy atom. The molecule has 3 aromatic rings. The summed E-state index contributed by atoms with van der Waals surface area (Å²) in [6, 6.07) is 7.96. The van der Waals surface area contributed by atoms with E-state index in [4.69, 9.17) is 38.1 Å². The molecule has 3 rings (SSSR count). The van der Waals surface area contributed by atoms with Crippen molar-refractivity contribution in [2.24, 2.45) is 5.73 Å². The largest absolute Gasteiger partial charge is 0.464 e. The smallest absolute Gasteiger partial charge is 0.146 e. The van der Waals surface area contributed by atoms with Crippen molar-refractivity contribution in [2.75, 3.05) is 6.54 Å². The summed E-state index contributed by atoms with van der Waals surface area (Å²) in [4.78, 5) is 0. The molecule has 0 saturated heterocycles. The Kier molecular flexibility index (Phi) is 4.25. The molecule has 0 bridgehead atoms. The first kappa shape index (κ1) is 15.2. The molecule has 114 valence electrons. The molecule has 6 heteroatoms. The molecule has 0 atom stereocenters. The van der Waals surface area contributed by atoms with Gasteiger partial charge in [0.15, 0.2) is 0 Å². The second-order valence-electron chi connectivity index (χ2n) is 4.72. The Hall–Kier alpha value is -1.75. The van der Waals surface area contributed by atoms with E-state index in [1.807, 2.05) is 0 Å². The highest BCUT2D eigenvalue weighted by atomic mass is 35.5. The van der Waals surface area contributed by atoms with Crippen LogP contribution in [0.25, 0.3) is 11.0 Å². The first-order chi connectivity index (χ1) is 10.6. The summed E-state index contributed by atoms with van der Waals surface area (Å²) in [5, 5.41) is 1.15. The predicted molar refractivity (Wildman–Crippen MR) is 85.5 cm³/mol. The minimum absolute atomic E-state index is 0.0173. The van der Waals surface area contributed by atoms with E-state index in [2.05, 4.69) is 0 Å². The summed E-state index contributed by atoms with van der Waals surface area (Å²) in [5.74, 6) is 0.368. The van der Waals surface area contributed by atoms with Crippen molar-refractivity contribution >= 4 is 34.2 Å². The zero-order valence-corrected chi connectivity index (χ0v) is 12.9. The van der Waals surface area contributed by atoms with Gasteiger partial charge < -0.3 is 14.9 Å². The van der Waals surface area contributed by atoms with E-state index in [0.717, 1.165) is 5.39 Å². The maximum Gasteiger partial charge on any atom is 0.146 e. The maximum atomic E-state index is 13.6. The van der Waals surface area contributed by atoms with Crippen molar-refractivity contribution in [3.05, 3.63) is 58.0 Å². The van der Waals surface area contributed by atoms with Gasteiger partial charge in [0.05, 0.1) is 16.3 Å². The molecule has 0 radical (unpaired) electrons. The van der Waals surface area contributed by atoms with Gasteiger partial charge in [0.25, 0.3) is 0 Å². The molecular weight excluding hydrogens is 328 g/mol. The Morgan fingerprint density at radius 3 is 2.73 bits per heavy atom. The third-order valence-corrected chi connectivity index (χ3v) is 3.95. The van der Waals surface area contributed by atoms with Gasteiger partial charge in [0.1, 0.15) is 22.9 Å². The van der Waals surface area contributed by atoms with Crippen LogP contribution < -0.4 is 10.5 Å². The minimum atomic E-state index is -0.506. The van der Waals surface area contributed by atoms with Gasteiger partial charge in [-0.2, -0.15) is 0 Å². The van der Waals surface area contributed by atoms with Crippen LogP contribution in [0.2, 0.25) is 10.0 Å². The van der Waals surface area contributed by atoms with Gasteiger partial charge in [-0.25, -0.2) is 4.39 Å². The summed E-state index contributed by atoms with van der Waals surface area (Å²) >= 11 is 12.2. The number of hydrogen-bond acceptors (Lipinski definition) is 3. The molecule has 0 unspecified atom stereocenters. The van der Waals surface area contributed by atoms with E-state index in [9.17, 15) is 4.39 Å². The molecule has 0 amide bonds. The summed E-state index contributed by atoms with van der Waals surface area (Å²) in [6.07, 6.45) is 2.02. The van der Waals surface area contributed by atoms with Crippen molar-refractivity contribution in [3.8, 4) is 11.5 Å². The molecule has 0 spiro atoms.